The summed E-state index contributed by atoms with van der Waals surface area (Å²) in [6.07, 6.45) is 0. The summed E-state index contributed by atoms with van der Waals surface area (Å²) in [6, 6.07) is 11.5. The third kappa shape index (κ3) is 1.95. The van der Waals surface area contributed by atoms with Gasteiger partial charge in [-0.05, 0) is 29.5 Å². The molecule has 1 nitrogen and oxygen atoms in total. The Morgan fingerprint density at radius 3 is 2.42 bits per heavy atom. The van der Waals surface area contributed by atoms with Crippen LogP contribution in [-0.4, -0.2) is 10.1 Å². The third-order valence-corrected chi connectivity index (χ3v) is 4.90. The number of thiophene rings is 1. The Morgan fingerprint density at radius 2 is 1.84 bits per heavy atom. The summed E-state index contributed by atoms with van der Waals surface area (Å²) in [6.45, 7) is 2.01. The first kappa shape index (κ1) is 12.9. The molecule has 0 radical (unpaired) electrons. The fourth-order valence-corrected chi connectivity index (χ4v) is 3.90. The van der Waals surface area contributed by atoms with Crippen LogP contribution in [0.25, 0.3) is 11.1 Å². The van der Waals surface area contributed by atoms with Crippen LogP contribution < -0.4 is 0 Å². The number of carbonyl (C=O) groups is 1. The van der Waals surface area contributed by atoms with Crippen LogP contribution in [0.2, 0.25) is 0 Å². The van der Waals surface area contributed by atoms with E-state index in [1.807, 2.05) is 48.7 Å². The van der Waals surface area contributed by atoms with Crippen molar-refractivity contribution in [3.8, 4) is 0 Å². The zero-order chi connectivity index (χ0) is 13.6. The molecule has 1 aromatic heterocycles. The number of aryl methyl sites for hydroxylation is 1. The van der Waals surface area contributed by atoms with Gasteiger partial charge in [0, 0.05) is 16.0 Å². The second-order valence-corrected chi connectivity index (χ2v) is 6.75. The summed E-state index contributed by atoms with van der Waals surface area (Å²) >= 11 is 13.9. The molecule has 0 aliphatic heterocycles. The highest BCUT2D eigenvalue weighted by Crippen LogP contribution is 2.54. The second-order valence-electron chi connectivity index (χ2n) is 4.51. The largest absolute Gasteiger partial charge is 0.290 e. The van der Waals surface area contributed by atoms with Crippen LogP contribution in [0.5, 0.6) is 0 Å². The number of benzene rings is 1. The van der Waals surface area contributed by atoms with Gasteiger partial charge in [-0.25, -0.2) is 0 Å². The van der Waals surface area contributed by atoms with E-state index in [1.54, 1.807) is 11.3 Å². The van der Waals surface area contributed by atoms with Crippen LogP contribution in [0.4, 0.5) is 0 Å². The van der Waals surface area contributed by atoms with Gasteiger partial charge in [0.15, 0.2) is 0 Å². The number of allylic oxidation sites excluding steroid dienone is 2. The number of rotatable bonds is 2. The molecule has 0 N–H and O–H groups in total. The molecule has 1 aliphatic rings. The van der Waals surface area contributed by atoms with Crippen molar-refractivity contribution < 1.29 is 4.79 Å². The molecule has 3 rings (SSSR count). The minimum Gasteiger partial charge on any atom is -0.290 e. The Hall–Kier alpha value is -1.09. The Labute approximate surface area is 125 Å². The lowest BCUT2D eigenvalue weighted by Crippen LogP contribution is -2.39. The molecular formula is C15H10Cl2OS. The van der Waals surface area contributed by atoms with Crippen LogP contribution in [0.3, 0.4) is 0 Å². The lowest BCUT2D eigenvalue weighted by Gasteiger charge is -2.34. The van der Waals surface area contributed by atoms with Crippen molar-refractivity contribution in [2.45, 2.75) is 11.3 Å². The zero-order valence-electron chi connectivity index (χ0n) is 10.1. The normalized spacial score (nSPS) is 17.5. The summed E-state index contributed by atoms with van der Waals surface area (Å²) in [4.78, 5) is 13.1. The predicted molar refractivity (Wildman–Crippen MR) is 81.8 cm³/mol. The average Bonchev–Trinajstić information content (AvgIpc) is 2.81. The van der Waals surface area contributed by atoms with E-state index in [4.69, 9.17) is 23.2 Å². The maximum Gasteiger partial charge on any atom is 0.207 e. The number of hydrogen-bond acceptors (Lipinski definition) is 2. The van der Waals surface area contributed by atoms with Crippen molar-refractivity contribution in [1.82, 2.24) is 0 Å². The minimum absolute atomic E-state index is 0.219. The van der Waals surface area contributed by atoms with Gasteiger partial charge in [-0.3, -0.25) is 4.79 Å². The number of ketones is 1. The maximum absolute atomic E-state index is 12.2. The summed E-state index contributed by atoms with van der Waals surface area (Å²) < 4.78 is -1.41. The molecule has 0 atom stereocenters. The Bertz CT molecular complexity index is 683. The molecule has 0 fully saturated rings. The van der Waals surface area contributed by atoms with Crippen LogP contribution >= 0.6 is 34.5 Å². The summed E-state index contributed by atoms with van der Waals surface area (Å²) in [7, 11) is 0. The van der Waals surface area contributed by atoms with Crippen LogP contribution in [0.1, 0.15) is 16.0 Å². The molecule has 1 heterocycles. The number of alkyl halides is 2. The highest BCUT2D eigenvalue weighted by molar-refractivity contribution is 7.12. The molecule has 0 saturated carbocycles. The van der Waals surface area contributed by atoms with Gasteiger partial charge in [0.05, 0.1) is 0 Å². The van der Waals surface area contributed by atoms with E-state index in [1.165, 1.54) is 0 Å². The molecule has 1 aromatic carbocycles. The molecule has 96 valence electrons. The van der Waals surface area contributed by atoms with Gasteiger partial charge in [-0.15, -0.1) is 11.3 Å². The SMILES string of the molecule is Cc1csc(C2=C(c3ccccc3)C(=O)C2(Cl)Cl)c1. The number of Topliss-reactive ketones (excluding diaryl/α,β-unsaturated/α-hetero) is 1. The lowest BCUT2D eigenvalue weighted by atomic mass is 9.80. The minimum atomic E-state index is -1.41. The van der Waals surface area contributed by atoms with Gasteiger partial charge in [-0.2, -0.15) is 0 Å². The van der Waals surface area contributed by atoms with Crippen LogP contribution in [0.15, 0.2) is 41.8 Å². The highest BCUT2D eigenvalue weighted by Gasteiger charge is 2.52. The van der Waals surface area contributed by atoms with Gasteiger partial charge < -0.3 is 0 Å². The first-order valence-electron chi connectivity index (χ1n) is 5.80. The molecule has 4 heteroatoms. The van der Waals surface area contributed by atoms with Gasteiger partial charge in [-0.1, -0.05) is 53.5 Å². The molecule has 2 aromatic rings. The number of hydrogen-bond donors (Lipinski definition) is 0. The first-order chi connectivity index (χ1) is 9.01. The second kappa shape index (κ2) is 4.48. The zero-order valence-corrected chi connectivity index (χ0v) is 12.4. The predicted octanol–water partition coefficient (Wildman–Crippen LogP) is 4.72. The van der Waals surface area contributed by atoms with Crippen molar-refractivity contribution in [2.24, 2.45) is 0 Å². The van der Waals surface area contributed by atoms with E-state index in [2.05, 4.69) is 0 Å². The van der Waals surface area contributed by atoms with E-state index in [0.717, 1.165) is 21.6 Å². The van der Waals surface area contributed by atoms with Gasteiger partial charge in [0.2, 0.25) is 10.1 Å². The quantitative estimate of drug-likeness (QED) is 0.733. The standard InChI is InChI=1S/C15H10Cl2OS/c1-9-7-11(19-8-9)13-12(14(18)15(13,16)17)10-5-3-2-4-6-10/h2-8H,1H3. The lowest BCUT2D eigenvalue weighted by molar-refractivity contribution is -0.114. The van der Waals surface area contributed by atoms with E-state index in [0.29, 0.717) is 5.57 Å². The topological polar surface area (TPSA) is 17.1 Å². The number of halogens is 2. The van der Waals surface area contributed by atoms with Crippen molar-refractivity contribution in [2.75, 3.05) is 0 Å². The van der Waals surface area contributed by atoms with E-state index >= 15 is 0 Å². The molecule has 0 bridgehead atoms. The molecule has 0 spiro atoms. The van der Waals surface area contributed by atoms with Crippen LogP contribution in [-0.2, 0) is 4.79 Å². The van der Waals surface area contributed by atoms with Crippen LogP contribution in [0, 0.1) is 6.92 Å². The maximum atomic E-state index is 12.2. The van der Waals surface area contributed by atoms with E-state index < -0.39 is 4.33 Å². The Balaban J connectivity index is 2.21. The smallest absolute Gasteiger partial charge is 0.207 e. The van der Waals surface area contributed by atoms with Crippen molar-refractivity contribution >= 4 is 51.5 Å². The molecule has 0 saturated heterocycles. The molecular weight excluding hydrogens is 299 g/mol. The van der Waals surface area contributed by atoms with E-state index in [-0.39, 0.29) is 5.78 Å². The number of carbonyl (C=O) groups excluding carboxylic acids is 1. The fraction of sp³-hybridized carbons (Fsp3) is 0.133. The van der Waals surface area contributed by atoms with E-state index in [9.17, 15) is 4.79 Å². The van der Waals surface area contributed by atoms with Gasteiger partial charge >= 0.3 is 0 Å². The molecule has 19 heavy (non-hydrogen) atoms. The first-order valence-corrected chi connectivity index (χ1v) is 7.43. The monoisotopic (exact) mass is 308 g/mol. The van der Waals surface area contributed by atoms with Crippen molar-refractivity contribution in [1.29, 1.82) is 0 Å². The highest BCUT2D eigenvalue weighted by atomic mass is 35.5. The Kier molecular flexibility index (Phi) is 3.05. The molecule has 0 amide bonds. The summed E-state index contributed by atoms with van der Waals surface area (Å²) in [5, 5.41) is 2.03. The fourth-order valence-electron chi connectivity index (χ4n) is 2.20. The van der Waals surface area contributed by atoms with Gasteiger partial charge in [0.1, 0.15) is 0 Å². The van der Waals surface area contributed by atoms with Crippen molar-refractivity contribution in [3.63, 3.8) is 0 Å². The van der Waals surface area contributed by atoms with Gasteiger partial charge in [0.25, 0.3) is 0 Å². The van der Waals surface area contributed by atoms with Crippen molar-refractivity contribution in [3.05, 3.63) is 57.8 Å². The summed E-state index contributed by atoms with van der Waals surface area (Å²) in [5.74, 6) is -0.219. The average molecular weight is 309 g/mol. The molecule has 1 aliphatic carbocycles. The third-order valence-electron chi connectivity index (χ3n) is 3.12. The summed E-state index contributed by atoms with van der Waals surface area (Å²) in [5.41, 5.74) is 3.37. The Morgan fingerprint density at radius 1 is 1.16 bits per heavy atom. The molecule has 0 unspecified atom stereocenters.